The third-order valence-corrected chi connectivity index (χ3v) is 4.84. The Bertz CT molecular complexity index is 800. The van der Waals surface area contributed by atoms with E-state index in [0.717, 1.165) is 5.69 Å². The van der Waals surface area contributed by atoms with Gasteiger partial charge in [-0.25, -0.2) is 12.8 Å². The number of benzene rings is 1. The first-order valence-corrected chi connectivity index (χ1v) is 8.17. The number of methoxy groups -OCH3 is 1. The van der Waals surface area contributed by atoms with Crippen LogP contribution in [0, 0.1) is 12.7 Å². The lowest BCUT2D eigenvalue weighted by molar-refractivity contribution is 0.384. The molecule has 1 heterocycles. The van der Waals surface area contributed by atoms with Gasteiger partial charge in [-0.2, -0.15) is 5.10 Å². The van der Waals surface area contributed by atoms with Crippen LogP contribution in [0.1, 0.15) is 18.2 Å². The number of ether oxygens (including phenoxy) is 1. The monoisotopic (exact) mass is 327 g/mol. The lowest BCUT2D eigenvalue weighted by Gasteiger charge is -2.12. The van der Waals surface area contributed by atoms with Crippen LogP contribution >= 0.6 is 0 Å². The topological polar surface area (TPSA) is 73.2 Å². The Morgan fingerprint density at radius 3 is 2.64 bits per heavy atom. The van der Waals surface area contributed by atoms with E-state index < -0.39 is 15.8 Å². The van der Waals surface area contributed by atoms with Crippen LogP contribution in [0.3, 0.4) is 0 Å². The van der Waals surface area contributed by atoms with E-state index in [9.17, 15) is 12.8 Å². The zero-order valence-electron chi connectivity index (χ0n) is 12.8. The number of aromatic nitrogens is 2. The minimum Gasteiger partial charge on any atom is -0.494 e. The molecule has 1 aromatic carbocycles. The average Bonchev–Trinajstić information content (AvgIpc) is 2.81. The van der Waals surface area contributed by atoms with Gasteiger partial charge in [-0.1, -0.05) is 6.92 Å². The highest BCUT2D eigenvalue weighted by Crippen LogP contribution is 2.27. The maximum absolute atomic E-state index is 14.0. The van der Waals surface area contributed by atoms with Crippen LogP contribution in [-0.2, 0) is 23.5 Å². The molecule has 22 heavy (non-hydrogen) atoms. The first kappa shape index (κ1) is 16.3. The third-order valence-electron chi connectivity index (χ3n) is 3.34. The van der Waals surface area contributed by atoms with Crippen LogP contribution in [0.2, 0.25) is 0 Å². The summed E-state index contributed by atoms with van der Waals surface area (Å²) in [5.41, 5.74) is 0.766. The molecule has 8 heteroatoms. The Kier molecular flexibility index (Phi) is 4.41. The number of halogens is 1. The summed E-state index contributed by atoms with van der Waals surface area (Å²) in [6.45, 7) is 3.32. The lowest BCUT2D eigenvalue weighted by Crippen LogP contribution is -2.17. The highest BCUT2D eigenvalue weighted by Gasteiger charge is 2.22. The fraction of sp³-hybridized carbons (Fsp3) is 0.357. The zero-order valence-corrected chi connectivity index (χ0v) is 13.7. The van der Waals surface area contributed by atoms with Crippen molar-refractivity contribution < 1.29 is 17.5 Å². The Balaban J connectivity index is 2.42. The number of sulfonamides is 1. The molecule has 0 saturated carbocycles. The first-order chi connectivity index (χ1) is 10.3. The molecule has 0 amide bonds. The Labute approximate surface area is 129 Å². The average molecular weight is 327 g/mol. The summed E-state index contributed by atoms with van der Waals surface area (Å²) in [4.78, 5) is -0.134. The summed E-state index contributed by atoms with van der Waals surface area (Å²) in [5.74, 6) is -0.359. The second-order valence-electron chi connectivity index (χ2n) is 4.81. The van der Waals surface area contributed by atoms with Crippen molar-refractivity contribution in [1.29, 1.82) is 0 Å². The largest absolute Gasteiger partial charge is 0.494 e. The van der Waals surface area contributed by atoms with Gasteiger partial charge in [0.2, 0.25) is 0 Å². The van der Waals surface area contributed by atoms with Crippen molar-refractivity contribution in [1.82, 2.24) is 9.78 Å². The van der Waals surface area contributed by atoms with E-state index in [1.54, 1.807) is 13.1 Å². The number of anilines is 1. The standard InChI is InChI=1S/C14H18FN3O3S/c1-5-10-8-13(18(3)16-10)17-22(19,20)12-7-6-11(21-4)14(15)9(12)2/h6-8,17H,5H2,1-4H3. The Morgan fingerprint density at radius 1 is 1.41 bits per heavy atom. The summed E-state index contributed by atoms with van der Waals surface area (Å²) >= 11 is 0. The molecule has 0 aliphatic heterocycles. The maximum Gasteiger partial charge on any atom is 0.263 e. The van der Waals surface area contributed by atoms with Crippen LogP contribution in [-0.4, -0.2) is 25.3 Å². The van der Waals surface area contributed by atoms with Crippen molar-refractivity contribution in [3.8, 4) is 5.75 Å². The molecular formula is C14H18FN3O3S. The predicted molar refractivity (Wildman–Crippen MR) is 81.1 cm³/mol. The number of hydrogen-bond donors (Lipinski definition) is 1. The number of nitrogens with one attached hydrogen (secondary N) is 1. The maximum atomic E-state index is 14.0. The van der Waals surface area contributed by atoms with E-state index >= 15 is 0 Å². The third kappa shape index (κ3) is 2.92. The molecule has 2 rings (SSSR count). The second-order valence-corrected chi connectivity index (χ2v) is 6.46. The van der Waals surface area contributed by atoms with E-state index in [2.05, 4.69) is 9.82 Å². The zero-order chi connectivity index (χ0) is 16.5. The molecular weight excluding hydrogens is 309 g/mol. The van der Waals surface area contributed by atoms with E-state index in [0.29, 0.717) is 12.2 Å². The quantitative estimate of drug-likeness (QED) is 0.914. The summed E-state index contributed by atoms with van der Waals surface area (Å²) < 4.78 is 47.7. The summed E-state index contributed by atoms with van der Waals surface area (Å²) in [6.07, 6.45) is 0.686. The number of aryl methyl sites for hydroxylation is 2. The minimum atomic E-state index is -3.92. The van der Waals surface area contributed by atoms with Crippen LogP contribution in [0.4, 0.5) is 10.2 Å². The van der Waals surface area contributed by atoms with Crippen molar-refractivity contribution in [2.75, 3.05) is 11.8 Å². The lowest BCUT2D eigenvalue weighted by atomic mass is 10.2. The summed E-state index contributed by atoms with van der Waals surface area (Å²) in [5, 5.41) is 4.17. The van der Waals surface area contributed by atoms with Crippen LogP contribution in [0.25, 0.3) is 0 Å². The smallest absolute Gasteiger partial charge is 0.263 e. The van der Waals surface area contributed by atoms with E-state index in [4.69, 9.17) is 4.74 Å². The van der Waals surface area contributed by atoms with E-state index in [1.807, 2.05) is 6.92 Å². The molecule has 0 unspecified atom stereocenters. The van der Waals surface area contributed by atoms with Crippen molar-refractivity contribution in [2.24, 2.45) is 7.05 Å². The molecule has 0 fully saturated rings. The molecule has 0 spiro atoms. The van der Waals surface area contributed by atoms with Gasteiger partial charge in [0.25, 0.3) is 10.0 Å². The Morgan fingerprint density at radius 2 is 2.09 bits per heavy atom. The van der Waals surface area contributed by atoms with Gasteiger partial charge in [-0.3, -0.25) is 9.40 Å². The molecule has 1 N–H and O–H groups in total. The fourth-order valence-electron chi connectivity index (χ4n) is 2.08. The predicted octanol–water partition coefficient (Wildman–Crippen LogP) is 2.24. The number of hydrogen-bond acceptors (Lipinski definition) is 4. The summed E-state index contributed by atoms with van der Waals surface area (Å²) in [7, 11) is -0.952. The van der Waals surface area contributed by atoms with Gasteiger partial charge in [-0.05, 0) is 25.5 Å². The highest BCUT2D eigenvalue weighted by atomic mass is 32.2. The molecule has 0 aliphatic rings. The molecule has 0 atom stereocenters. The van der Waals surface area contributed by atoms with Crippen molar-refractivity contribution in [3.63, 3.8) is 0 Å². The van der Waals surface area contributed by atoms with Crippen molar-refractivity contribution in [2.45, 2.75) is 25.2 Å². The van der Waals surface area contributed by atoms with Crippen molar-refractivity contribution >= 4 is 15.8 Å². The SMILES string of the molecule is CCc1cc(NS(=O)(=O)c2ccc(OC)c(F)c2C)n(C)n1. The van der Waals surface area contributed by atoms with Gasteiger partial charge in [0, 0.05) is 18.7 Å². The molecule has 2 aromatic rings. The Hall–Kier alpha value is -2.09. The first-order valence-electron chi connectivity index (χ1n) is 6.69. The molecule has 0 aliphatic carbocycles. The normalized spacial score (nSPS) is 11.5. The van der Waals surface area contributed by atoms with Crippen LogP contribution in [0.15, 0.2) is 23.1 Å². The van der Waals surface area contributed by atoms with Crippen LogP contribution < -0.4 is 9.46 Å². The minimum absolute atomic E-state index is 0.00438. The van der Waals surface area contributed by atoms with Gasteiger partial charge in [0.15, 0.2) is 11.6 Å². The highest BCUT2D eigenvalue weighted by molar-refractivity contribution is 7.92. The van der Waals surface area contributed by atoms with Crippen molar-refractivity contribution in [3.05, 3.63) is 35.3 Å². The molecule has 0 bridgehead atoms. The van der Waals surface area contributed by atoms with Gasteiger partial charge in [-0.15, -0.1) is 0 Å². The van der Waals surface area contributed by atoms with Gasteiger partial charge in [0.05, 0.1) is 17.7 Å². The summed E-state index contributed by atoms with van der Waals surface area (Å²) in [6, 6.07) is 4.25. The van der Waals surface area contributed by atoms with Crippen LogP contribution in [0.5, 0.6) is 5.75 Å². The second kappa shape index (κ2) is 5.96. The van der Waals surface area contributed by atoms with Gasteiger partial charge in [0.1, 0.15) is 5.82 Å². The number of nitrogens with zero attached hydrogens (tertiary/aromatic N) is 2. The fourth-order valence-corrected chi connectivity index (χ4v) is 3.40. The molecule has 0 saturated heterocycles. The molecule has 6 nitrogen and oxygen atoms in total. The van der Waals surface area contributed by atoms with E-state index in [1.165, 1.54) is 30.8 Å². The van der Waals surface area contributed by atoms with E-state index in [-0.39, 0.29) is 16.2 Å². The molecule has 1 aromatic heterocycles. The number of rotatable bonds is 5. The van der Waals surface area contributed by atoms with Gasteiger partial charge < -0.3 is 4.74 Å². The van der Waals surface area contributed by atoms with Gasteiger partial charge >= 0.3 is 0 Å². The molecule has 120 valence electrons. The molecule has 0 radical (unpaired) electrons.